The Labute approximate surface area is 192 Å². The van der Waals surface area contributed by atoms with Crippen molar-refractivity contribution in [3.05, 3.63) is 59.9 Å². The van der Waals surface area contributed by atoms with Crippen LogP contribution in [-0.4, -0.2) is 22.1 Å². The SMILES string of the molecule is CCC(CC)C(=O)NCc1nc2ccccc2n1CCCCOc1ccccc1C(C)C. The lowest BCUT2D eigenvalue weighted by Gasteiger charge is -2.15. The van der Waals surface area contributed by atoms with Crippen molar-refractivity contribution in [1.82, 2.24) is 14.9 Å². The molecule has 0 aliphatic rings. The number of hydrogen-bond donors (Lipinski definition) is 1. The zero-order valence-corrected chi connectivity index (χ0v) is 19.9. The number of nitrogens with one attached hydrogen (secondary N) is 1. The van der Waals surface area contributed by atoms with Crippen LogP contribution < -0.4 is 10.1 Å². The highest BCUT2D eigenvalue weighted by molar-refractivity contribution is 5.79. The maximum atomic E-state index is 12.4. The van der Waals surface area contributed by atoms with Crippen molar-refractivity contribution >= 4 is 16.9 Å². The van der Waals surface area contributed by atoms with Crippen LogP contribution in [0.3, 0.4) is 0 Å². The van der Waals surface area contributed by atoms with Gasteiger partial charge in [0.1, 0.15) is 11.6 Å². The standard InChI is InChI=1S/C27H37N3O2/c1-5-21(6-2)27(31)28-19-26-29-23-14-8-9-15-24(23)30(26)17-11-12-18-32-25-16-10-7-13-22(25)20(3)4/h7-10,13-16,20-21H,5-6,11-12,17-19H2,1-4H3,(H,28,31). The Balaban J connectivity index is 1.60. The second-order valence-corrected chi connectivity index (χ2v) is 8.65. The van der Waals surface area contributed by atoms with Crippen LogP contribution in [-0.2, 0) is 17.9 Å². The summed E-state index contributed by atoms with van der Waals surface area (Å²) < 4.78 is 8.32. The van der Waals surface area contributed by atoms with E-state index >= 15 is 0 Å². The number of amides is 1. The van der Waals surface area contributed by atoms with E-state index in [0.717, 1.165) is 54.8 Å². The number of nitrogens with zero attached hydrogens (tertiary/aromatic N) is 2. The monoisotopic (exact) mass is 435 g/mol. The molecule has 1 aromatic heterocycles. The third-order valence-corrected chi connectivity index (χ3v) is 6.09. The van der Waals surface area contributed by atoms with Gasteiger partial charge in [-0.1, -0.05) is 58.0 Å². The molecule has 0 atom stereocenters. The Hall–Kier alpha value is -2.82. The number of unbranched alkanes of at least 4 members (excludes halogenated alkanes) is 1. The van der Waals surface area contributed by atoms with E-state index in [1.54, 1.807) is 0 Å². The number of carbonyl (C=O) groups is 1. The fourth-order valence-electron chi connectivity index (χ4n) is 4.12. The number of carbonyl (C=O) groups excluding carboxylic acids is 1. The van der Waals surface area contributed by atoms with Gasteiger partial charge in [0.15, 0.2) is 0 Å². The van der Waals surface area contributed by atoms with Crippen molar-refractivity contribution in [3.8, 4) is 5.75 Å². The van der Waals surface area contributed by atoms with Gasteiger partial charge < -0.3 is 14.6 Å². The predicted octanol–water partition coefficient (Wildman–Crippen LogP) is 6.07. The fraction of sp³-hybridized carbons (Fsp3) is 0.481. The maximum Gasteiger partial charge on any atom is 0.223 e. The molecule has 32 heavy (non-hydrogen) atoms. The van der Waals surface area contributed by atoms with Crippen LogP contribution >= 0.6 is 0 Å². The molecule has 0 fully saturated rings. The van der Waals surface area contributed by atoms with E-state index in [2.05, 4.69) is 61.8 Å². The number of fused-ring (bicyclic) bond motifs is 1. The largest absolute Gasteiger partial charge is 0.493 e. The van der Waals surface area contributed by atoms with E-state index in [4.69, 9.17) is 9.72 Å². The molecule has 0 saturated carbocycles. The zero-order chi connectivity index (χ0) is 22.9. The highest BCUT2D eigenvalue weighted by Crippen LogP contribution is 2.26. The Morgan fingerprint density at radius 2 is 1.75 bits per heavy atom. The van der Waals surface area contributed by atoms with Crippen LogP contribution in [0.15, 0.2) is 48.5 Å². The van der Waals surface area contributed by atoms with E-state index in [1.807, 2.05) is 24.3 Å². The first-order valence-corrected chi connectivity index (χ1v) is 12.0. The molecule has 0 saturated heterocycles. The average molecular weight is 436 g/mol. The third-order valence-electron chi connectivity index (χ3n) is 6.09. The molecule has 172 valence electrons. The first kappa shape index (κ1) is 23.8. The molecule has 3 aromatic rings. The molecule has 0 bridgehead atoms. The van der Waals surface area contributed by atoms with Gasteiger partial charge >= 0.3 is 0 Å². The molecule has 5 nitrogen and oxygen atoms in total. The zero-order valence-electron chi connectivity index (χ0n) is 19.9. The van der Waals surface area contributed by atoms with Crippen LogP contribution in [0.2, 0.25) is 0 Å². The third kappa shape index (κ3) is 5.90. The van der Waals surface area contributed by atoms with E-state index in [1.165, 1.54) is 5.56 Å². The summed E-state index contributed by atoms with van der Waals surface area (Å²) >= 11 is 0. The molecule has 0 unspecified atom stereocenters. The van der Waals surface area contributed by atoms with Crippen molar-refractivity contribution < 1.29 is 9.53 Å². The molecule has 0 aliphatic heterocycles. The van der Waals surface area contributed by atoms with Gasteiger partial charge in [-0.15, -0.1) is 0 Å². The van der Waals surface area contributed by atoms with Gasteiger partial charge in [-0.05, 0) is 55.4 Å². The quantitative estimate of drug-likeness (QED) is 0.351. The Bertz CT molecular complexity index is 1010. The second-order valence-electron chi connectivity index (χ2n) is 8.65. The van der Waals surface area contributed by atoms with Gasteiger partial charge in [0, 0.05) is 12.5 Å². The van der Waals surface area contributed by atoms with Gasteiger partial charge in [0.05, 0.1) is 24.2 Å². The molecule has 1 heterocycles. The van der Waals surface area contributed by atoms with Crippen LogP contribution in [0, 0.1) is 5.92 Å². The Morgan fingerprint density at radius 3 is 2.50 bits per heavy atom. The lowest BCUT2D eigenvalue weighted by atomic mass is 10.0. The molecule has 0 radical (unpaired) electrons. The number of imidazole rings is 1. The van der Waals surface area contributed by atoms with Crippen molar-refractivity contribution in [2.75, 3.05) is 6.61 Å². The van der Waals surface area contributed by atoms with Gasteiger partial charge in [0.25, 0.3) is 0 Å². The van der Waals surface area contributed by atoms with Gasteiger partial charge in [-0.3, -0.25) is 4.79 Å². The number of aromatic nitrogens is 2. The normalized spacial score (nSPS) is 11.4. The molecule has 1 N–H and O–H groups in total. The van der Waals surface area contributed by atoms with Gasteiger partial charge in [0.2, 0.25) is 5.91 Å². The highest BCUT2D eigenvalue weighted by Gasteiger charge is 2.16. The number of aryl methyl sites for hydroxylation is 1. The van der Waals surface area contributed by atoms with E-state index in [-0.39, 0.29) is 11.8 Å². The average Bonchev–Trinajstić information content (AvgIpc) is 3.16. The summed E-state index contributed by atoms with van der Waals surface area (Å²) in [6.45, 7) is 10.5. The molecular formula is C27H37N3O2. The summed E-state index contributed by atoms with van der Waals surface area (Å²) in [5.74, 6) is 2.53. The first-order chi connectivity index (χ1) is 15.5. The molecular weight excluding hydrogens is 398 g/mol. The summed E-state index contributed by atoms with van der Waals surface area (Å²) in [5, 5.41) is 3.10. The van der Waals surface area contributed by atoms with Crippen LogP contribution in [0.5, 0.6) is 5.75 Å². The number of para-hydroxylation sites is 3. The Kier molecular flexibility index (Phi) is 8.72. The fourth-order valence-corrected chi connectivity index (χ4v) is 4.12. The van der Waals surface area contributed by atoms with Crippen molar-refractivity contribution in [2.45, 2.75) is 72.4 Å². The Morgan fingerprint density at radius 1 is 1.03 bits per heavy atom. The van der Waals surface area contributed by atoms with Crippen LogP contribution in [0.1, 0.15) is 70.7 Å². The summed E-state index contributed by atoms with van der Waals surface area (Å²) in [4.78, 5) is 17.2. The molecule has 1 amide bonds. The molecule has 0 aliphatic carbocycles. The van der Waals surface area contributed by atoms with E-state index < -0.39 is 0 Å². The van der Waals surface area contributed by atoms with Gasteiger partial charge in [-0.2, -0.15) is 0 Å². The molecule has 3 rings (SSSR count). The smallest absolute Gasteiger partial charge is 0.223 e. The summed E-state index contributed by atoms with van der Waals surface area (Å²) in [6.07, 6.45) is 3.66. The van der Waals surface area contributed by atoms with Gasteiger partial charge in [-0.25, -0.2) is 4.98 Å². The first-order valence-electron chi connectivity index (χ1n) is 12.0. The number of rotatable bonds is 12. The second kappa shape index (κ2) is 11.7. The number of benzene rings is 2. The predicted molar refractivity (Wildman–Crippen MR) is 131 cm³/mol. The summed E-state index contributed by atoms with van der Waals surface area (Å²) in [5.41, 5.74) is 3.34. The highest BCUT2D eigenvalue weighted by atomic mass is 16.5. The lowest BCUT2D eigenvalue weighted by molar-refractivity contribution is -0.125. The molecule has 5 heteroatoms. The maximum absolute atomic E-state index is 12.4. The van der Waals surface area contributed by atoms with E-state index in [9.17, 15) is 4.79 Å². The van der Waals surface area contributed by atoms with Crippen LogP contribution in [0.4, 0.5) is 0 Å². The summed E-state index contributed by atoms with van der Waals surface area (Å²) in [6, 6.07) is 16.5. The molecule has 2 aromatic carbocycles. The minimum atomic E-state index is 0.0682. The lowest BCUT2D eigenvalue weighted by Crippen LogP contribution is -2.30. The molecule has 0 spiro atoms. The minimum Gasteiger partial charge on any atom is -0.493 e. The topological polar surface area (TPSA) is 56.2 Å². The summed E-state index contributed by atoms with van der Waals surface area (Å²) in [7, 11) is 0. The van der Waals surface area contributed by atoms with Crippen molar-refractivity contribution in [2.24, 2.45) is 5.92 Å². The van der Waals surface area contributed by atoms with Crippen LogP contribution in [0.25, 0.3) is 11.0 Å². The number of hydrogen-bond acceptors (Lipinski definition) is 3. The van der Waals surface area contributed by atoms with Crippen molar-refractivity contribution in [1.29, 1.82) is 0 Å². The number of ether oxygens (including phenoxy) is 1. The van der Waals surface area contributed by atoms with E-state index in [0.29, 0.717) is 19.1 Å². The minimum absolute atomic E-state index is 0.0682. The van der Waals surface area contributed by atoms with Crippen molar-refractivity contribution in [3.63, 3.8) is 0 Å².